The minimum absolute atomic E-state index is 0.291. The maximum absolute atomic E-state index is 12.2. The molecule has 1 aromatic heterocycles. The molecule has 104 valence electrons. The van der Waals surface area contributed by atoms with E-state index >= 15 is 0 Å². The van der Waals surface area contributed by atoms with Crippen molar-refractivity contribution in [1.82, 2.24) is 20.4 Å². The van der Waals surface area contributed by atoms with Gasteiger partial charge in [-0.1, -0.05) is 0 Å². The van der Waals surface area contributed by atoms with Crippen molar-refractivity contribution in [3.8, 4) is 0 Å². The predicted octanol–water partition coefficient (Wildman–Crippen LogP) is -0.196. The summed E-state index contributed by atoms with van der Waals surface area (Å²) >= 11 is 0. The van der Waals surface area contributed by atoms with Crippen molar-refractivity contribution in [3.63, 3.8) is 0 Å². The van der Waals surface area contributed by atoms with Gasteiger partial charge in [0.15, 0.2) is 6.04 Å². The van der Waals surface area contributed by atoms with E-state index in [2.05, 4.69) is 15.7 Å². The molecule has 3 N–H and O–H groups in total. The summed E-state index contributed by atoms with van der Waals surface area (Å²) < 4.78 is 1.51. The second-order valence-corrected chi connectivity index (χ2v) is 5.05. The molecule has 1 saturated heterocycles. The van der Waals surface area contributed by atoms with Gasteiger partial charge in [0.1, 0.15) is 0 Å². The highest BCUT2D eigenvalue weighted by atomic mass is 16.4. The first-order chi connectivity index (χ1) is 8.92. The number of hydrogen-bond acceptors (Lipinski definition) is 4. The third kappa shape index (κ3) is 2.76. The average molecular weight is 266 g/mol. The van der Waals surface area contributed by atoms with E-state index in [1.807, 2.05) is 0 Å². The smallest absolute Gasteiger partial charge is 0.331 e. The third-order valence-corrected chi connectivity index (χ3v) is 3.45. The lowest BCUT2D eigenvalue weighted by molar-refractivity contribution is -0.143. The summed E-state index contributed by atoms with van der Waals surface area (Å²) in [6.45, 7) is 2.56. The number of aromatic nitrogens is 2. The fourth-order valence-corrected chi connectivity index (χ4v) is 2.26. The summed E-state index contributed by atoms with van der Waals surface area (Å²) in [5, 5.41) is 18.8. The molecule has 1 aliphatic rings. The lowest BCUT2D eigenvalue weighted by atomic mass is 9.98. The number of carboxylic acids is 1. The van der Waals surface area contributed by atoms with E-state index in [4.69, 9.17) is 0 Å². The Labute approximate surface area is 111 Å². The Morgan fingerprint density at radius 1 is 1.63 bits per heavy atom. The van der Waals surface area contributed by atoms with Gasteiger partial charge in [-0.05, 0) is 26.3 Å². The largest absolute Gasteiger partial charge is 0.479 e. The second-order valence-electron chi connectivity index (χ2n) is 5.05. The predicted molar refractivity (Wildman–Crippen MR) is 67.4 cm³/mol. The molecule has 0 spiro atoms. The van der Waals surface area contributed by atoms with E-state index in [9.17, 15) is 14.7 Å². The molecule has 0 saturated carbocycles. The molecule has 0 radical (unpaired) electrons. The number of hydrogen-bond donors (Lipinski definition) is 3. The van der Waals surface area contributed by atoms with Crippen LogP contribution in [-0.2, 0) is 16.6 Å². The molecule has 2 heterocycles. The number of nitrogens with zero attached hydrogens (tertiary/aromatic N) is 2. The number of rotatable bonds is 4. The van der Waals surface area contributed by atoms with Gasteiger partial charge in [0.25, 0.3) is 0 Å². The fourth-order valence-electron chi connectivity index (χ4n) is 2.26. The summed E-state index contributed by atoms with van der Waals surface area (Å²) in [6.07, 6.45) is 4.65. The Morgan fingerprint density at radius 3 is 2.84 bits per heavy atom. The van der Waals surface area contributed by atoms with E-state index in [0.29, 0.717) is 12.0 Å². The lowest BCUT2D eigenvalue weighted by Crippen LogP contribution is -2.52. The van der Waals surface area contributed by atoms with Gasteiger partial charge in [0.05, 0.1) is 11.7 Å². The number of aliphatic carboxylic acids is 1. The van der Waals surface area contributed by atoms with Crippen LogP contribution in [0.1, 0.15) is 31.4 Å². The van der Waals surface area contributed by atoms with Gasteiger partial charge < -0.3 is 15.7 Å². The van der Waals surface area contributed by atoms with Gasteiger partial charge >= 0.3 is 5.97 Å². The summed E-state index contributed by atoms with van der Waals surface area (Å²) in [5.41, 5.74) is -0.222. The van der Waals surface area contributed by atoms with Crippen LogP contribution in [0.3, 0.4) is 0 Å². The van der Waals surface area contributed by atoms with E-state index in [1.165, 1.54) is 10.9 Å². The molecular weight excluding hydrogens is 248 g/mol. The van der Waals surface area contributed by atoms with Crippen molar-refractivity contribution in [1.29, 1.82) is 0 Å². The molecule has 0 aliphatic carbocycles. The van der Waals surface area contributed by atoms with Crippen LogP contribution in [0, 0.1) is 0 Å². The minimum atomic E-state index is -1.09. The van der Waals surface area contributed by atoms with E-state index < -0.39 is 17.6 Å². The van der Waals surface area contributed by atoms with Crippen molar-refractivity contribution >= 4 is 11.9 Å². The highest BCUT2D eigenvalue weighted by Crippen LogP contribution is 2.21. The van der Waals surface area contributed by atoms with Crippen molar-refractivity contribution < 1.29 is 14.7 Å². The molecule has 1 fully saturated rings. The van der Waals surface area contributed by atoms with Gasteiger partial charge in [-0.2, -0.15) is 5.10 Å². The zero-order valence-corrected chi connectivity index (χ0v) is 11.0. The first-order valence-electron chi connectivity index (χ1n) is 6.20. The highest BCUT2D eigenvalue weighted by molar-refractivity contribution is 5.90. The molecule has 0 bridgehead atoms. The zero-order chi connectivity index (χ0) is 14.0. The fraction of sp³-hybridized carbons (Fsp3) is 0.583. The Bertz CT molecular complexity index is 491. The number of amides is 1. The molecule has 0 aromatic carbocycles. The van der Waals surface area contributed by atoms with E-state index in [0.717, 1.165) is 13.0 Å². The van der Waals surface area contributed by atoms with Crippen LogP contribution in [0.15, 0.2) is 12.4 Å². The quantitative estimate of drug-likeness (QED) is 0.701. The van der Waals surface area contributed by atoms with Crippen LogP contribution in [-0.4, -0.2) is 38.8 Å². The molecule has 1 aliphatic heterocycles. The monoisotopic (exact) mass is 266 g/mol. The third-order valence-electron chi connectivity index (χ3n) is 3.45. The lowest BCUT2D eigenvalue weighted by Gasteiger charge is -2.25. The molecule has 19 heavy (non-hydrogen) atoms. The molecule has 7 heteroatoms. The summed E-state index contributed by atoms with van der Waals surface area (Å²) in [4.78, 5) is 23.5. The van der Waals surface area contributed by atoms with Crippen LogP contribution in [0.25, 0.3) is 0 Å². The normalized spacial score (nSPS) is 24.1. The first-order valence-corrected chi connectivity index (χ1v) is 6.20. The van der Waals surface area contributed by atoms with Crippen LogP contribution in [0.5, 0.6) is 0 Å². The van der Waals surface area contributed by atoms with Gasteiger partial charge in [-0.25, -0.2) is 4.79 Å². The van der Waals surface area contributed by atoms with E-state index in [1.54, 1.807) is 20.2 Å². The number of aryl methyl sites for hydroxylation is 1. The molecule has 2 unspecified atom stereocenters. The maximum atomic E-state index is 12.2. The molecular formula is C12H18N4O3. The molecule has 1 amide bonds. The molecule has 2 rings (SSSR count). The maximum Gasteiger partial charge on any atom is 0.331 e. The van der Waals surface area contributed by atoms with Crippen molar-refractivity contribution in [3.05, 3.63) is 18.0 Å². The number of nitrogens with one attached hydrogen (secondary N) is 2. The van der Waals surface area contributed by atoms with Crippen LogP contribution in [0.2, 0.25) is 0 Å². The topological polar surface area (TPSA) is 96.2 Å². The summed E-state index contributed by atoms with van der Waals surface area (Å²) in [5.74, 6) is -1.38. The van der Waals surface area contributed by atoms with Gasteiger partial charge in [0, 0.05) is 18.8 Å². The number of carbonyl (C=O) groups is 2. The Kier molecular flexibility index (Phi) is 3.57. The number of carboxylic acid groups (broad SMARTS) is 1. The Balaban J connectivity index is 2.13. The average Bonchev–Trinajstić information content (AvgIpc) is 2.95. The van der Waals surface area contributed by atoms with Crippen LogP contribution >= 0.6 is 0 Å². The van der Waals surface area contributed by atoms with Gasteiger partial charge in [0.2, 0.25) is 5.91 Å². The molecule has 2 atom stereocenters. The van der Waals surface area contributed by atoms with Crippen molar-refractivity contribution in [2.45, 2.75) is 31.3 Å². The second kappa shape index (κ2) is 5.00. The molecule has 1 aromatic rings. The summed E-state index contributed by atoms with van der Waals surface area (Å²) in [7, 11) is 1.70. The first kappa shape index (κ1) is 13.5. The number of carbonyl (C=O) groups excluding carboxylic acids is 1. The summed E-state index contributed by atoms with van der Waals surface area (Å²) in [6, 6.07) is -1.07. The van der Waals surface area contributed by atoms with Gasteiger partial charge in [-0.15, -0.1) is 0 Å². The van der Waals surface area contributed by atoms with Crippen LogP contribution < -0.4 is 10.6 Å². The molecule has 7 nitrogen and oxygen atoms in total. The van der Waals surface area contributed by atoms with Gasteiger partial charge in [-0.3, -0.25) is 9.48 Å². The zero-order valence-electron chi connectivity index (χ0n) is 11.0. The van der Waals surface area contributed by atoms with E-state index in [-0.39, 0.29) is 5.91 Å². The van der Waals surface area contributed by atoms with Crippen molar-refractivity contribution in [2.75, 3.05) is 6.54 Å². The highest BCUT2D eigenvalue weighted by Gasteiger charge is 2.38. The minimum Gasteiger partial charge on any atom is -0.479 e. The standard InChI is InChI=1S/C12H18N4O3/c1-12(4-3-5-13-12)11(19)15-9(10(17)18)8-6-14-16(2)7-8/h6-7,9,13H,3-5H2,1-2H3,(H,15,19)(H,17,18). The Morgan fingerprint density at radius 2 is 2.37 bits per heavy atom. The van der Waals surface area contributed by atoms with Crippen molar-refractivity contribution in [2.24, 2.45) is 7.05 Å². The SMILES string of the molecule is Cn1cc(C(NC(=O)C2(C)CCCN2)C(=O)O)cn1. The Hall–Kier alpha value is -1.89. The van der Waals surface area contributed by atoms with Crippen LogP contribution in [0.4, 0.5) is 0 Å².